The number of ether oxygens (including phenoxy) is 1. The summed E-state index contributed by atoms with van der Waals surface area (Å²) in [5.74, 6) is -0.245. The number of benzene rings is 2. The molecule has 2 fully saturated rings. The van der Waals surface area contributed by atoms with Crippen molar-refractivity contribution in [2.75, 3.05) is 13.2 Å². The van der Waals surface area contributed by atoms with Crippen LogP contribution in [0.2, 0.25) is 0 Å². The molecule has 27 heavy (non-hydrogen) atoms. The zero-order valence-electron chi connectivity index (χ0n) is 15.2. The fourth-order valence-electron chi connectivity index (χ4n) is 3.96. The van der Waals surface area contributed by atoms with Gasteiger partial charge in [0, 0.05) is 13.0 Å². The zero-order chi connectivity index (χ0) is 18.8. The molecule has 0 radical (unpaired) electrons. The van der Waals surface area contributed by atoms with E-state index in [0.717, 1.165) is 11.1 Å². The number of carbonyl (C=O) groups excluding carboxylic acids is 2. The summed E-state index contributed by atoms with van der Waals surface area (Å²) in [5.41, 5.74) is 1.92. The quantitative estimate of drug-likeness (QED) is 0.843. The molecule has 4 rings (SSSR count). The number of esters is 1. The molecule has 0 unspecified atom stereocenters. The van der Waals surface area contributed by atoms with Crippen molar-refractivity contribution in [1.29, 1.82) is 0 Å². The van der Waals surface area contributed by atoms with Crippen LogP contribution in [0.25, 0.3) is 0 Å². The molecule has 0 bridgehead atoms. The largest absolute Gasteiger partial charge is 0.465 e. The number of hydrogen-bond donors (Lipinski definition) is 1. The van der Waals surface area contributed by atoms with Gasteiger partial charge in [-0.25, -0.2) is 5.01 Å². The molecule has 0 spiro atoms. The Labute approximate surface area is 158 Å². The van der Waals surface area contributed by atoms with Crippen LogP contribution in [0.5, 0.6) is 0 Å². The van der Waals surface area contributed by atoms with Gasteiger partial charge in [-0.15, -0.1) is 0 Å². The van der Waals surface area contributed by atoms with E-state index in [-0.39, 0.29) is 17.9 Å². The average Bonchev–Trinajstić information content (AvgIpc) is 3.10. The predicted octanol–water partition coefficient (Wildman–Crippen LogP) is 2.41. The zero-order valence-corrected chi connectivity index (χ0v) is 15.2. The number of carbonyl (C=O) groups is 2. The third kappa shape index (κ3) is 3.22. The number of nitrogens with zero attached hydrogens (tertiary/aromatic N) is 2. The normalized spacial score (nSPS) is 25.3. The Morgan fingerprint density at radius 3 is 2.33 bits per heavy atom. The van der Waals surface area contributed by atoms with Crippen LogP contribution in [0, 0.1) is 0 Å². The predicted molar refractivity (Wildman–Crippen MR) is 100 cm³/mol. The highest BCUT2D eigenvalue weighted by molar-refractivity contribution is 5.81. The Balaban J connectivity index is 1.77. The first-order chi connectivity index (χ1) is 13.2. The smallest absolute Gasteiger partial charge is 0.325 e. The van der Waals surface area contributed by atoms with Gasteiger partial charge in [-0.05, 0) is 18.1 Å². The average molecular weight is 365 g/mol. The molecule has 2 saturated heterocycles. The van der Waals surface area contributed by atoms with E-state index in [2.05, 4.69) is 5.32 Å². The molecular weight excluding hydrogens is 342 g/mol. The van der Waals surface area contributed by atoms with Gasteiger partial charge in [-0.1, -0.05) is 60.7 Å². The standard InChI is InChI=1S/C21H23N3O3/c1-2-27-21(26)18-19(15-9-5-3-6-10-15)23-14-13-17(25)24(23)20(22-18)16-11-7-4-8-12-16/h3-12,18-20,22H,2,13-14H2,1H3/t18-,19+,20-/m1/s1. The van der Waals surface area contributed by atoms with Crippen LogP contribution in [-0.4, -0.2) is 41.1 Å². The molecule has 2 aliphatic heterocycles. The first-order valence-electron chi connectivity index (χ1n) is 9.32. The van der Waals surface area contributed by atoms with Crippen LogP contribution < -0.4 is 5.32 Å². The van der Waals surface area contributed by atoms with Gasteiger partial charge in [0.15, 0.2) is 0 Å². The summed E-state index contributed by atoms with van der Waals surface area (Å²) in [5, 5.41) is 7.18. The maximum absolute atomic E-state index is 12.8. The number of hydrogen-bond acceptors (Lipinski definition) is 5. The van der Waals surface area contributed by atoms with Crippen LogP contribution in [0.4, 0.5) is 0 Å². The van der Waals surface area contributed by atoms with E-state index in [1.165, 1.54) is 0 Å². The Kier molecular flexibility index (Phi) is 4.92. The summed E-state index contributed by atoms with van der Waals surface area (Å²) >= 11 is 0. The summed E-state index contributed by atoms with van der Waals surface area (Å²) in [7, 11) is 0. The Bertz CT molecular complexity index is 812. The fraction of sp³-hybridized carbons (Fsp3) is 0.333. The molecule has 2 heterocycles. The lowest BCUT2D eigenvalue weighted by Gasteiger charge is -2.48. The van der Waals surface area contributed by atoms with E-state index in [1.807, 2.05) is 65.7 Å². The maximum Gasteiger partial charge on any atom is 0.325 e. The molecule has 0 aromatic heterocycles. The summed E-state index contributed by atoms with van der Waals surface area (Å²) < 4.78 is 5.36. The van der Waals surface area contributed by atoms with Crippen molar-refractivity contribution in [2.24, 2.45) is 0 Å². The molecule has 1 amide bonds. The second kappa shape index (κ2) is 7.50. The second-order valence-electron chi connectivity index (χ2n) is 6.72. The molecule has 6 nitrogen and oxygen atoms in total. The molecular formula is C21H23N3O3. The Morgan fingerprint density at radius 1 is 1.07 bits per heavy atom. The summed E-state index contributed by atoms with van der Waals surface area (Å²) in [6.07, 6.45) is 0.0414. The van der Waals surface area contributed by atoms with Crippen molar-refractivity contribution in [1.82, 2.24) is 15.3 Å². The number of rotatable bonds is 4. The van der Waals surface area contributed by atoms with Gasteiger partial charge in [-0.3, -0.25) is 19.9 Å². The van der Waals surface area contributed by atoms with Gasteiger partial charge in [0.05, 0.1) is 12.6 Å². The number of nitrogens with one attached hydrogen (secondary N) is 1. The minimum absolute atomic E-state index is 0.0552. The summed E-state index contributed by atoms with van der Waals surface area (Å²) in [4.78, 5) is 25.5. The minimum atomic E-state index is -0.570. The van der Waals surface area contributed by atoms with Crippen LogP contribution in [-0.2, 0) is 14.3 Å². The Hall–Kier alpha value is -2.70. The van der Waals surface area contributed by atoms with Gasteiger partial charge in [0.25, 0.3) is 0 Å². The van der Waals surface area contributed by atoms with Crippen molar-refractivity contribution in [3.05, 3.63) is 71.8 Å². The summed E-state index contributed by atoms with van der Waals surface area (Å²) in [6, 6.07) is 18.7. The van der Waals surface area contributed by atoms with Crippen LogP contribution in [0.15, 0.2) is 60.7 Å². The number of hydrazine groups is 1. The fourth-order valence-corrected chi connectivity index (χ4v) is 3.96. The van der Waals surface area contributed by atoms with E-state index in [0.29, 0.717) is 19.6 Å². The van der Waals surface area contributed by atoms with Gasteiger partial charge in [-0.2, -0.15) is 0 Å². The van der Waals surface area contributed by atoms with Gasteiger partial charge in [0.2, 0.25) is 5.91 Å². The van der Waals surface area contributed by atoms with Crippen molar-refractivity contribution < 1.29 is 14.3 Å². The Morgan fingerprint density at radius 2 is 1.70 bits per heavy atom. The molecule has 0 saturated carbocycles. The van der Waals surface area contributed by atoms with Gasteiger partial charge in [0.1, 0.15) is 12.2 Å². The number of amides is 1. The van der Waals surface area contributed by atoms with E-state index in [4.69, 9.17) is 4.74 Å². The first-order valence-corrected chi connectivity index (χ1v) is 9.32. The molecule has 2 aliphatic rings. The molecule has 1 N–H and O–H groups in total. The molecule has 2 aromatic carbocycles. The van der Waals surface area contributed by atoms with Crippen LogP contribution in [0.1, 0.15) is 36.7 Å². The third-order valence-electron chi connectivity index (χ3n) is 5.10. The molecule has 2 aromatic rings. The molecule has 0 aliphatic carbocycles. The monoisotopic (exact) mass is 365 g/mol. The maximum atomic E-state index is 12.8. The third-order valence-corrected chi connectivity index (χ3v) is 5.10. The van der Waals surface area contributed by atoms with Crippen LogP contribution in [0.3, 0.4) is 0 Å². The van der Waals surface area contributed by atoms with E-state index in [1.54, 1.807) is 11.9 Å². The highest BCUT2D eigenvalue weighted by Crippen LogP contribution is 2.39. The van der Waals surface area contributed by atoms with Crippen molar-refractivity contribution in [2.45, 2.75) is 31.6 Å². The van der Waals surface area contributed by atoms with E-state index in [9.17, 15) is 9.59 Å². The lowest BCUT2D eigenvalue weighted by Crippen LogP contribution is -2.63. The summed E-state index contributed by atoms with van der Waals surface area (Å²) in [6.45, 7) is 2.70. The molecule has 3 atom stereocenters. The second-order valence-corrected chi connectivity index (χ2v) is 6.72. The van der Waals surface area contributed by atoms with Gasteiger partial charge >= 0.3 is 5.97 Å². The lowest BCUT2D eigenvalue weighted by molar-refractivity contribution is -0.174. The van der Waals surface area contributed by atoms with Crippen molar-refractivity contribution in [3.8, 4) is 0 Å². The van der Waals surface area contributed by atoms with Gasteiger partial charge < -0.3 is 4.74 Å². The minimum Gasteiger partial charge on any atom is -0.465 e. The highest BCUT2D eigenvalue weighted by Gasteiger charge is 2.50. The first kappa shape index (κ1) is 17.7. The van der Waals surface area contributed by atoms with E-state index < -0.39 is 12.2 Å². The topological polar surface area (TPSA) is 61.9 Å². The SMILES string of the molecule is CCOC(=O)[C@@H]1N[C@@H](c2ccccc2)N2C(=O)CCN2[C@H]1c1ccccc1. The molecule has 6 heteroatoms. The van der Waals surface area contributed by atoms with Crippen LogP contribution >= 0.6 is 0 Å². The lowest BCUT2D eigenvalue weighted by atomic mass is 9.96. The number of fused-ring (bicyclic) bond motifs is 1. The molecule has 140 valence electrons. The van der Waals surface area contributed by atoms with E-state index >= 15 is 0 Å². The highest BCUT2D eigenvalue weighted by atomic mass is 16.5. The van der Waals surface area contributed by atoms with Crippen molar-refractivity contribution in [3.63, 3.8) is 0 Å². The van der Waals surface area contributed by atoms with Crippen molar-refractivity contribution >= 4 is 11.9 Å².